The largest absolute Gasteiger partial charge is 0.493 e. The summed E-state index contributed by atoms with van der Waals surface area (Å²) >= 11 is 0. The Balaban J connectivity index is 2.00. The van der Waals surface area contributed by atoms with E-state index in [1.165, 1.54) is 0 Å². The highest BCUT2D eigenvalue weighted by molar-refractivity contribution is 6.00. The predicted octanol–water partition coefficient (Wildman–Crippen LogP) is 2.38. The van der Waals surface area contributed by atoms with Crippen molar-refractivity contribution >= 4 is 5.78 Å². The van der Waals surface area contributed by atoms with Crippen LogP contribution in [0.1, 0.15) is 30.1 Å². The number of hydrogen-bond acceptors (Lipinski definition) is 4. The van der Waals surface area contributed by atoms with Gasteiger partial charge >= 0.3 is 0 Å². The van der Waals surface area contributed by atoms with Crippen molar-refractivity contribution in [2.24, 2.45) is 0 Å². The summed E-state index contributed by atoms with van der Waals surface area (Å²) in [5.74, 6) is 0.795. The molecule has 0 unspecified atom stereocenters. The normalized spacial score (nSPS) is 16.4. The van der Waals surface area contributed by atoms with Gasteiger partial charge in [-0.25, -0.2) is 0 Å². The zero-order chi connectivity index (χ0) is 14.4. The van der Waals surface area contributed by atoms with Crippen molar-refractivity contribution < 1.29 is 14.3 Å². The number of rotatable bonds is 6. The third-order valence-electron chi connectivity index (χ3n) is 3.69. The SMILES string of the molecule is CCOc1ccccc1C(=O)CN(C)C1CCOCC1. The standard InChI is InChI=1S/C16H23NO3/c1-3-20-16-7-5-4-6-14(16)15(18)12-17(2)13-8-10-19-11-9-13/h4-7,13H,3,8-12H2,1-2H3. The van der Waals surface area contributed by atoms with Crippen LogP contribution in [0.5, 0.6) is 5.75 Å². The molecule has 2 rings (SSSR count). The van der Waals surface area contributed by atoms with Crippen LogP contribution in [0.4, 0.5) is 0 Å². The Morgan fingerprint density at radius 2 is 2.05 bits per heavy atom. The van der Waals surface area contributed by atoms with Crippen LogP contribution < -0.4 is 4.74 Å². The van der Waals surface area contributed by atoms with E-state index in [4.69, 9.17) is 9.47 Å². The number of likely N-dealkylation sites (N-methyl/N-ethyl adjacent to an activating group) is 1. The second-order valence-corrected chi connectivity index (χ2v) is 5.11. The lowest BCUT2D eigenvalue weighted by Crippen LogP contribution is -2.39. The molecule has 1 fully saturated rings. The van der Waals surface area contributed by atoms with Crippen LogP contribution in [-0.2, 0) is 4.74 Å². The first-order chi connectivity index (χ1) is 9.72. The van der Waals surface area contributed by atoms with Crippen LogP contribution >= 0.6 is 0 Å². The average Bonchev–Trinajstić information content (AvgIpc) is 2.49. The summed E-state index contributed by atoms with van der Waals surface area (Å²) in [6.45, 7) is 4.50. The smallest absolute Gasteiger partial charge is 0.180 e. The molecule has 0 atom stereocenters. The molecule has 110 valence electrons. The quantitative estimate of drug-likeness (QED) is 0.748. The van der Waals surface area contributed by atoms with Gasteiger partial charge in [0.2, 0.25) is 0 Å². The molecule has 1 aromatic carbocycles. The molecule has 1 saturated heterocycles. The van der Waals surface area contributed by atoms with Gasteiger partial charge in [0.15, 0.2) is 5.78 Å². The van der Waals surface area contributed by atoms with Crippen LogP contribution in [0.15, 0.2) is 24.3 Å². The van der Waals surface area contributed by atoms with Crippen LogP contribution in [0, 0.1) is 0 Å². The van der Waals surface area contributed by atoms with Gasteiger partial charge in [-0.3, -0.25) is 9.69 Å². The lowest BCUT2D eigenvalue weighted by Gasteiger charge is -2.30. The molecule has 1 aliphatic rings. The maximum absolute atomic E-state index is 12.4. The van der Waals surface area contributed by atoms with Gasteiger partial charge in [-0.15, -0.1) is 0 Å². The highest BCUT2D eigenvalue weighted by Crippen LogP contribution is 2.20. The van der Waals surface area contributed by atoms with Crippen molar-refractivity contribution in [3.8, 4) is 5.75 Å². The molecule has 0 N–H and O–H groups in total. The molecule has 0 aliphatic carbocycles. The number of Topliss-reactive ketones (excluding diaryl/α,β-unsaturated/α-hetero) is 1. The van der Waals surface area contributed by atoms with E-state index in [0.717, 1.165) is 26.1 Å². The first-order valence-corrected chi connectivity index (χ1v) is 7.25. The van der Waals surface area contributed by atoms with Gasteiger partial charge in [-0.05, 0) is 38.9 Å². The van der Waals surface area contributed by atoms with E-state index in [9.17, 15) is 4.79 Å². The fraction of sp³-hybridized carbons (Fsp3) is 0.562. The minimum atomic E-state index is 0.114. The fourth-order valence-electron chi connectivity index (χ4n) is 2.55. The Morgan fingerprint density at radius 1 is 1.35 bits per heavy atom. The van der Waals surface area contributed by atoms with E-state index >= 15 is 0 Å². The Bertz CT molecular complexity index is 441. The van der Waals surface area contributed by atoms with Crippen molar-refractivity contribution in [2.45, 2.75) is 25.8 Å². The van der Waals surface area contributed by atoms with Gasteiger partial charge in [-0.2, -0.15) is 0 Å². The van der Waals surface area contributed by atoms with Crippen LogP contribution in [0.2, 0.25) is 0 Å². The number of carbonyl (C=O) groups excluding carboxylic acids is 1. The lowest BCUT2D eigenvalue weighted by atomic mass is 10.1. The molecular formula is C16H23NO3. The monoisotopic (exact) mass is 277 g/mol. The first-order valence-electron chi connectivity index (χ1n) is 7.25. The Labute approximate surface area is 120 Å². The summed E-state index contributed by atoms with van der Waals surface area (Å²) in [6.07, 6.45) is 1.99. The topological polar surface area (TPSA) is 38.8 Å². The Morgan fingerprint density at radius 3 is 2.75 bits per heavy atom. The van der Waals surface area contributed by atoms with Crippen molar-refractivity contribution in [1.29, 1.82) is 0 Å². The molecule has 1 heterocycles. The third kappa shape index (κ3) is 3.81. The van der Waals surface area contributed by atoms with Gasteiger partial charge in [0.05, 0.1) is 18.7 Å². The van der Waals surface area contributed by atoms with Crippen LogP contribution in [0.3, 0.4) is 0 Å². The van der Waals surface area contributed by atoms with Crippen LogP contribution in [-0.4, -0.2) is 50.1 Å². The fourth-order valence-corrected chi connectivity index (χ4v) is 2.55. The molecule has 1 aliphatic heterocycles. The van der Waals surface area contributed by atoms with Gasteiger partial charge < -0.3 is 9.47 Å². The molecule has 1 aromatic rings. The summed E-state index contributed by atoms with van der Waals surface area (Å²) in [7, 11) is 2.01. The number of benzene rings is 1. The molecule has 0 spiro atoms. The first kappa shape index (κ1) is 15.0. The number of ether oxygens (including phenoxy) is 2. The second kappa shape index (κ2) is 7.41. The van der Waals surface area contributed by atoms with Gasteiger partial charge in [0.25, 0.3) is 0 Å². The number of nitrogens with zero attached hydrogens (tertiary/aromatic N) is 1. The van der Waals surface area contributed by atoms with Crippen molar-refractivity contribution in [3.63, 3.8) is 0 Å². The Kier molecular flexibility index (Phi) is 5.56. The molecular weight excluding hydrogens is 254 g/mol. The van der Waals surface area contributed by atoms with Gasteiger partial charge in [0.1, 0.15) is 5.75 Å². The summed E-state index contributed by atoms with van der Waals surface area (Å²) in [6, 6.07) is 7.90. The minimum absolute atomic E-state index is 0.114. The highest BCUT2D eigenvalue weighted by Gasteiger charge is 2.21. The molecule has 0 saturated carbocycles. The maximum atomic E-state index is 12.4. The summed E-state index contributed by atoms with van der Waals surface area (Å²) < 4.78 is 10.9. The molecule has 0 radical (unpaired) electrons. The zero-order valence-corrected chi connectivity index (χ0v) is 12.3. The second-order valence-electron chi connectivity index (χ2n) is 5.11. The van der Waals surface area contributed by atoms with E-state index in [1.807, 2.05) is 38.2 Å². The number of ketones is 1. The van der Waals surface area contributed by atoms with Gasteiger partial charge in [-0.1, -0.05) is 12.1 Å². The number of carbonyl (C=O) groups is 1. The molecule has 0 aromatic heterocycles. The molecule has 4 nitrogen and oxygen atoms in total. The van der Waals surface area contributed by atoms with E-state index in [2.05, 4.69) is 4.90 Å². The average molecular weight is 277 g/mol. The minimum Gasteiger partial charge on any atom is -0.493 e. The summed E-state index contributed by atoms with van der Waals surface area (Å²) in [5.41, 5.74) is 0.674. The van der Waals surface area contributed by atoms with E-state index < -0.39 is 0 Å². The van der Waals surface area contributed by atoms with Crippen molar-refractivity contribution in [3.05, 3.63) is 29.8 Å². The zero-order valence-electron chi connectivity index (χ0n) is 12.3. The van der Waals surface area contributed by atoms with Crippen molar-refractivity contribution in [1.82, 2.24) is 4.90 Å². The predicted molar refractivity (Wildman–Crippen MR) is 78.4 cm³/mol. The van der Waals surface area contributed by atoms with E-state index in [0.29, 0.717) is 30.5 Å². The number of hydrogen-bond donors (Lipinski definition) is 0. The number of para-hydroxylation sites is 1. The van der Waals surface area contributed by atoms with Crippen molar-refractivity contribution in [2.75, 3.05) is 33.4 Å². The van der Waals surface area contributed by atoms with E-state index in [-0.39, 0.29) is 5.78 Å². The highest BCUT2D eigenvalue weighted by atomic mass is 16.5. The maximum Gasteiger partial charge on any atom is 0.180 e. The lowest BCUT2D eigenvalue weighted by molar-refractivity contribution is 0.0418. The molecule has 0 amide bonds. The van der Waals surface area contributed by atoms with Crippen LogP contribution in [0.25, 0.3) is 0 Å². The Hall–Kier alpha value is -1.39. The third-order valence-corrected chi connectivity index (χ3v) is 3.69. The summed E-state index contributed by atoms with van der Waals surface area (Å²) in [4.78, 5) is 14.6. The van der Waals surface area contributed by atoms with E-state index in [1.54, 1.807) is 0 Å². The molecule has 20 heavy (non-hydrogen) atoms. The molecule has 0 bridgehead atoms. The summed E-state index contributed by atoms with van der Waals surface area (Å²) in [5, 5.41) is 0. The van der Waals surface area contributed by atoms with Gasteiger partial charge in [0, 0.05) is 19.3 Å². The molecule has 4 heteroatoms.